The number of hydrogen-bond acceptors (Lipinski definition) is 6. The highest BCUT2D eigenvalue weighted by molar-refractivity contribution is 8.18. The Labute approximate surface area is 158 Å². The zero-order chi connectivity index (χ0) is 19.1. The van der Waals surface area contributed by atoms with E-state index in [2.05, 4.69) is 4.99 Å². The van der Waals surface area contributed by atoms with Crippen LogP contribution in [0.15, 0.2) is 34.2 Å². The van der Waals surface area contributed by atoms with Gasteiger partial charge in [0.05, 0.1) is 11.0 Å². The van der Waals surface area contributed by atoms with Crippen LogP contribution in [0.4, 0.5) is 0 Å². The number of amides is 1. The average Bonchev–Trinajstić information content (AvgIpc) is 2.89. The number of amidine groups is 1. The van der Waals surface area contributed by atoms with Crippen LogP contribution >= 0.6 is 11.8 Å². The fourth-order valence-electron chi connectivity index (χ4n) is 2.29. The first-order valence-electron chi connectivity index (χ1n) is 8.62. The highest BCUT2D eigenvalue weighted by atomic mass is 32.2. The molecule has 6 nitrogen and oxygen atoms in total. The number of carbonyl (C=O) groups is 2. The predicted molar refractivity (Wildman–Crippen MR) is 104 cm³/mol. The van der Waals surface area contributed by atoms with Crippen LogP contribution in [0, 0.1) is 0 Å². The number of hydrogen-bond donors (Lipinski definition) is 0. The van der Waals surface area contributed by atoms with Gasteiger partial charge in [0.25, 0.3) is 5.91 Å². The minimum Gasteiger partial charge on any atom is -0.482 e. The van der Waals surface area contributed by atoms with E-state index in [0.29, 0.717) is 23.7 Å². The molecule has 0 spiro atoms. The lowest BCUT2D eigenvalue weighted by Crippen LogP contribution is -2.28. The molecule has 0 N–H and O–H groups in total. The van der Waals surface area contributed by atoms with Crippen molar-refractivity contribution in [1.29, 1.82) is 0 Å². The third kappa shape index (κ3) is 5.36. The van der Waals surface area contributed by atoms with E-state index in [9.17, 15) is 9.59 Å². The lowest BCUT2D eigenvalue weighted by Gasteiger charge is -2.11. The van der Waals surface area contributed by atoms with E-state index in [-0.39, 0.29) is 18.6 Å². The number of likely N-dealkylation sites (N-methyl/N-ethyl adjacent to an activating group) is 1. The number of thioether (sulfide) groups is 1. The minimum absolute atomic E-state index is 0.0264. The van der Waals surface area contributed by atoms with E-state index in [4.69, 9.17) is 9.47 Å². The van der Waals surface area contributed by atoms with Gasteiger partial charge < -0.3 is 9.47 Å². The molecule has 0 aromatic heterocycles. The highest BCUT2D eigenvalue weighted by Gasteiger charge is 2.31. The Balaban J connectivity index is 2.02. The van der Waals surface area contributed by atoms with E-state index < -0.39 is 5.97 Å². The molecule has 0 atom stereocenters. The topological polar surface area (TPSA) is 68.2 Å². The first kappa shape index (κ1) is 20.0. The van der Waals surface area contributed by atoms with Crippen LogP contribution < -0.4 is 4.74 Å². The molecular formula is C19H24N2O4S. The van der Waals surface area contributed by atoms with Gasteiger partial charge in [0, 0.05) is 13.1 Å². The molecule has 0 radical (unpaired) electrons. The second-order valence-corrected chi connectivity index (χ2v) is 6.82. The van der Waals surface area contributed by atoms with Crippen molar-refractivity contribution in [3.8, 4) is 5.75 Å². The lowest BCUT2D eigenvalue weighted by molar-refractivity contribution is -0.149. The normalized spacial score (nSPS) is 17.4. The Hall–Kier alpha value is -2.28. The van der Waals surface area contributed by atoms with Gasteiger partial charge in [0.1, 0.15) is 5.75 Å². The Morgan fingerprint density at radius 1 is 1.27 bits per heavy atom. The largest absolute Gasteiger partial charge is 0.482 e. The molecule has 1 saturated heterocycles. The fourth-order valence-corrected chi connectivity index (χ4v) is 3.40. The van der Waals surface area contributed by atoms with Crippen molar-refractivity contribution in [3.05, 3.63) is 34.7 Å². The number of aliphatic imine (C=N–C) groups is 1. The summed E-state index contributed by atoms with van der Waals surface area (Å²) < 4.78 is 10.4. The number of carbonyl (C=O) groups excluding carboxylic acids is 2. The second-order valence-electron chi connectivity index (χ2n) is 5.81. The number of esters is 1. The maximum atomic E-state index is 12.4. The van der Waals surface area contributed by atoms with Crippen molar-refractivity contribution in [2.75, 3.05) is 19.7 Å². The van der Waals surface area contributed by atoms with Crippen molar-refractivity contribution < 1.29 is 19.1 Å². The van der Waals surface area contributed by atoms with Crippen LogP contribution in [0.25, 0.3) is 6.08 Å². The number of ether oxygens (including phenoxy) is 2. The summed E-state index contributed by atoms with van der Waals surface area (Å²) in [4.78, 5) is 30.6. The van der Waals surface area contributed by atoms with Crippen molar-refractivity contribution in [1.82, 2.24) is 4.90 Å². The summed E-state index contributed by atoms with van der Waals surface area (Å²) in [6, 6.07) is 7.21. The summed E-state index contributed by atoms with van der Waals surface area (Å²) in [5.41, 5.74) is 0.881. The molecule has 7 heteroatoms. The monoisotopic (exact) mass is 376 g/mol. The summed E-state index contributed by atoms with van der Waals surface area (Å²) in [5, 5.41) is 0.745. The quantitative estimate of drug-likeness (QED) is 0.539. The molecule has 1 aliphatic rings. The maximum absolute atomic E-state index is 12.4. The van der Waals surface area contributed by atoms with Gasteiger partial charge in [-0.2, -0.15) is 0 Å². The van der Waals surface area contributed by atoms with Crippen LogP contribution in [-0.4, -0.2) is 47.7 Å². The minimum atomic E-state index is -0.401. The van der Waals surface area contributed by atoms with Gasteiger partial charge in [-0.05, 0) is 63.2 Å². The summed E-state index contributed by atoms with van der Waals surface area (Å²) in [6.45, 7) is 8.57. The van der Waals surface area contributed by atoms with E-state index in [1.165, 1.54) is 11.8 Å². The van der Waals surface area contributed by atoms with E-state index in [0.717, 1.165) is 10.7 Å². The molecule has 1 heterocycles. The Kier molecular flexibility index (Phi) is 7.26. The molecular weight excluding hydrogens is 352 g/mol. The van der Waals surface area contributed by atoms with Crippen molar-refractivity contribution in [2.24, 2.45) is 4.99 Å². The summed E-state index contributed by atoms with van der Waals surface area (Å²) in [6.07, 6.45) is 1.68. The van der Waals surface area contributed by atoms with Crippen LogP contribution in [0.5, 0.6) is 5.75 Å². The zero-order valence-electron chi connectivity index (χ0n) is 15.5. The summed E-state index contributed by atoms with van der Waals surface area (Å²) in [5.74, 6) is 0.143. The maximum Gasteiger partial charge on any atom is 0.344 e. The fraction of sp³-hybridized carbons (Fsp3) is 0.421. The summed E-state index contributed by atoms with van der Waals surface area (Å²) >= 11 is 1.39. The van der Waals surface area contributed by atoms with Crippen LogP contribution in [0.2, 0.25) is 0 Å². The molecule has 1 aromatic rings. The van der Waals surface area contributed by atoms with E-state index in [1.54, 1.807) is 30.9 Å². The van der Waals surface area contributed by atoms with Gasteiger partial charge in [-0.15, -0.1) is 0 Å². The second kappa shape index (κ2) is 9.43. The molecule has 1 aliphatic heterocycles. The predicted octanol–water partition coefficient (Wildman–Crippen LogP) is 3.33. The van der Waals surface area contributed by atoms with Crippen LogP contribution in [0.1, 0.15) is 33.3 Å². The molecule has 0 unspecified atom stereocenters. The standard InChI is InChI=1S/C19H24N2O4S/c1-5-20-19-21(6-2)18(23)16(26-19)11-14-7-9-15(10-8-14)24-12-17(22)25-13(3)4/h7-11,13H,5-6,12H2,1-4H3/b16-11-,20-19?. The molecule has 26 heavy (non-hydrogen) atoms. The van der Waals surface area contributed by atoms with Gasteiger partial charge in [0.2, 0.25) is 0 Å². The highest BCUT2D eigenvalue weighted by Crippen LogP contribution is 2.32. The third-order valence-corrected chi connectivity index (χ3v) is 4.44. The van der Waals surface area contributed by atoms with Gasteiger partial charge in [-0.25, -0.2) is 4.79 Å². The number of nitrogens with zero attached hydrogens (tertiary/aromatic N) is 2. The Bertz CT molecular complexity index is 711. The van der Waals surface area contributed by atoms with Crippen molar-refractivity contribution in [2.45, 2.75) is 33.8 Å². The number of benzene rings is 1. The van der Waals surface area contributed by atoms with Crippen molar-refractivity contribution in [3.63, 3.8) is 0 Å². The molecule has 0 aliphatic carbocycles. The smallest absolute Gasteiger partial charge is 0.344 e. The van der Waals surface area contributed by atoms with Gasteiger partial charge >= 0.3 is 5.97 Å². The molecule has 1 fully saturated rings. The SMILES string of the molecule is CCN=C1S/C(=C\c2ccc(OCC(=O)OC(C)C)cc2)C(=O)N1CC. The average molecular weight is 376 g/mol. The molecule has 0 bridgehead atoms. The Morgan fingerprint density at radius 2 is 1.96 bits per heavy atom. The van der Waals surface area contributed by atoms with Gasteiger partial charge in [0.15, 0.2) is 11.8 Å². The van der Waals surface area contributed by atoms with Gasteiger partial charge in [-0.1, -0.05) is 12.1 Å². The van der Waals surface area contributed by atoms with E-state index in [1.807, 2.05) is 32.1 Å². The molecule has 1 amide bonds. The molecule has 2 rings (SSSR count). The lowest BCUT2D eigenvalue weighted by atomic mass is 10.2. The Morgan fingerprint density at radius 3 is 2.54 bits per heavy atom. The zero-order valence-corrected chi connectivity index (χ0v) is 16.3. The third-order valence-electron chi connectivity index (χ3n) is 3.40. The first-order valence-corrected chi connectivity index (χ1v) is 9.44. The van der Waals surface area contributed by atoms with Crippen molar-refractivity contribution >= 4 is 34.9 Å². The van der Waals surface area contributed by atoms with Crippen LogP contribution in [0.3, 0.4) is 0 Å². The van der Waals surface area contributed by atoms with Gasteiger partial charge in [-0.3, -0.25) is 14.7 Å². The summed E-state index contributed by atoms with van der Waals surface area (Å²) in [7, 11) is 0. The molecule has 1 aromatic carbocycles. The first-order chi connectivity index (χ1) is 12.4. The molecule has 0 saturated carbocycles. The van der Waals surface area contributed by atoms with E-state index >= 15 is 0 Å². The molecule has 140 valence electrons. The number of rotatable bonds is 7. The van der Waals surface area contributed by atoms with Crippen LogP contribution in [-0.2, 0) is 14.3 Å².